The monoisotopic (exact) mass is 195 g/mol. The van der Waals surface area contributed by atoms with Crippen molar-refractivity contribution in [2.24, 2.45) is 0 Å². The number of nitriles is 2. The summed E-state index contributed by atoms with van der Waals surface area (Å²) >= 11 is 0. The summed E-state index contributed by atoms with van der Waals surface area (Å²) in [7, 11) is 0. The molecule has 0 aliphatic rings. The molecular formula is C8H6ClN3O. The molecule has 0 aliphatic heterocycles. The molecule has 0 bridgehead atoms. The van der Waals surface area contributed by atoms with Crippen LogP contribution in [-0.2, 0) is 0 Å². The maximum absolute atomic E-state index is 9.27. The predicted molar refractivity (Wildman–Crippen MR) is 47.3 cm³/mol. The summed E-state index contributed by atoms with van der Waals surface area (Å²) in [6.07, 6.45) is 1.27. The lowest BCUT2D eigenvalue weighted by atomic mass is 10.1. The van der Waals surface area contributed by atoms with Gasteiger partial charge in [-0.2, -0.15) is 10.5 Å². The van der Waals surface area contributed by atoms with Crippen molar-refractivity contribution >= 4 is 12.4 Å². The quantitative estimate of drug-likeness (QED) is 0.676. The van der Waals surface area contributed by atoms with E-state index < -0.39 is 0 Å². The van der Waals surface area contributed by atoms with Gasteiger partial charge >= 0.3 is 0 Å². The average molecular weight is 196 g/mol. The molecular weight excluding hydrogens is 190 g/mol. The number of hydrogen-bond acceptors (Lipinski definition) is 4. The van der Waals surface area contributed by atoms with Crippen molar-refractivity contribution in [3.05, 3.63) is 23.0 Å². The second-order valence-corrected chi connectivity index (χ2v) is 2.20. The zero-order valence-corrected chi connectivity index (χ0v) is 7.59. The topological polar surface area (TPSA) is 80.7 Å². The lowest BCUT2D eigenvalue weighted by molar-refractivity contribution is 0.465. The minimum absolute atomic E-state index is 0. The van der Waals surface area contributed by atoms with Crippen molar-refractivity contribution < 1.29 is 5.11 Å². The minimum atomic E-state index is -0.212. The molecule has 1 heterocycles. The molecule has 1 N–H and O–H groups in total. The molecule has 0 aliphatic carbocycles. The summed E-state index contributed by atoms with van der Waals surface area (Å²) in [5.74, 6) is -0.212. The van der Waals surface area contributed by atoms with Crippen molar-refractivity contribution in [2.75, 3.05) is 0 Å². The third kappa shape index (κ3) is 1.87. The second kappa shape index (κ2) is 4.30. The van der Waals surface area contributed by atoms with Crippen LogP contribution >= 0.6 is 12.4 Å². The van der Waals surface area contributed by atoms with Crippen molar-refractivity contribution in [2.45, 2.75) is 6.92 Å². The molecule has 0 fully saturated rings. The molecule has 0 radical (unpaired) electrons. The van der Waals surface area contributed by atoms with Gasteiger partial charge in [0.1, 0.15) is 17.7 Å². The second-order valence-electron chi connectivity index (χ2n) is 2.20. The third-order valence-electron chi connectivity index (χ3n) is 1.47. The van der Waals surface area contributed by atoms with Gasteiger partial charge in [0.2, 0.25) is 0 Å². The van der Waals surface area contributed by atoms with Gasteiger partial charge in [-0.3, -0.25) is 4.98 Å². The van der Waals surface area contributed by atoms with Crippen LogP contribution in [0.5, 0.6) is 5.75 Å². The summed E-state index contributed by atoms with van der Waals surface area (Å²) in [5, 5.41) is 26.4. The standard InChI is InChI=1S/C8H5N3O.ClH/c1-5-8(12)7(3-10)6(2-9)4-11-5;/h4,12H,1H3;1H. The van der Waals surface area contributed by atoms with E-state index in [0.29, 0.717) is 5.69 Å². The van der Waals surface area contributed by atoms with E-state index in [4.69, 9.17) is 10.5 Å². The number of nitrogens with zero attached hydrogens (tertiary/aromatic N) is 3. The lowest BCUT2D eigenvalue weighted by Gasteiger charge is -1.99. The smallest absolute Gasteiger partial charge is 0.155 e. The lowest BCUT2D eigenvalue weighted by Crippen LogP contribution is -1.90. The molecule has 66 valence electrons. The number of hydrogen-bond donors (Lipinski definition) is 1. The molecule has 4 nitrogen and oxygen atoms in total. The zero-order chi connectivity index (χ0) is 9.14. The summed E-state index contributed by atoms with van der Waals surface area (Å²) in [6.45, 7) is 1.57. The fourth-order valence-corrected chi connectivity index (χ4v) is 0.793. The van der Waals surface area contributed by atoms with Crippen molar-refractivity contribution in [1.29, 1.82) is 10.5 Å². The Labute approximate surface area is 81.5 Å². The maximum atomic E-state index is 9.27. The summed E-state index contributed by atoms with van der Waals surface area (Å²) < 4.78 is 0. The molecule has 5 heteroatoms. The molecule has 1 rings (SSSR count). The number of halogens is 1. The van der Waals surface area contributed by atoms with E-state index in [-0.39, 0.29) is 29.3 Å². The highest BCUT2D eigenvalue weighted by molar-refractivity contribution is 5.85. The van der Waals surface area contributed by atoms with E-state index in [1.807, 2.05) is 0 Å². The van der Waals surface area contributed by atoms with Crippen LogP contribution in [0.4, 0.5) is 0 Å². The summed E-state index contributed by atoms with van der Waals surface area (Å²) in [6, 6.07) is 3.51. The summed E-state index contributed by atoms with van der Waals surface area (Å²) in [4.78, 5) is 3.73. The number of aromatic nitrogens is 1. The molecule has 0 saturated heterocycles. The van der Waals surface area contributed by atoms with E-state index in [0.717, 1.165) is 0 Å². The summed E-state index contributed by atoms with van der Waals surface area (Å²) in [5.41, 5.74) is 0.441. The van der Waals surface area contributed by atoms with Crippen LogP contribution in [0.2, 0.25) is 0 Å². The maximum Gasteiger partial charge on any atom is 0.155 e. The average Bonchev–Trinajstić information content (AvgIpc) is 2.09. The van der Waals surface area contributed by atoms with E-state index in [1.165, 1.54) is 6.20 Å². The van der Waals surface area contributed by atoms with Crippen molar-refractivity contribution in [3.63, 3.8) is 0 Å². The van der Waals surface area contributed by atoms with E-state index >= 15 is 0 Å². The Morgan fingerprint density at radius 1 is 1.38 bits per heavy atom. The Balaban J connectivity index is 0.00000144. The first-order valence-corrected chi connectivity index (χ1v) is 3.19. The highest BCUT2D eigenvalue weighted by atomic mass is 35.5. The zero-order valence-electron chi connectivity index (χ0n) is 6.77. The first-order valence-electron chi connectivity index (χ1n) is 3.19. The molecule has 0 spiro atoms. The van der Waals surface area contributed by atoms with Crippen LogP contribution in [0.25, 0.3) is 0 Å². The first kappa shape index (κ1) is 11.2. The largest absolute Gasteiger partial charge is 0.505 e. The molecule has 0 saturated carbocycles. The van der Waals surface area contributed by atoms with Crippen LogP contribution < -0.4 is 0 Å². The van der Waals surface area contributed by atoms with E-state index in [2.05, 4.69) is 4.98 Å². The van der Waals surface area contributed by atoms with Crippen LogP contribution in [0.15, 0.2) is 6.20 Å². The fourth-order valence-electron chi connectivity index (χ4n) is 0.793. The minimum Gasteiger partial charge on any atom is -0.505 e. The van der Waals surface area contributed by atoms with Crippen LogP contribution in [0, 0.1) is 29.6 Å². The van der Waals surface area contributed by atoms with Gasteiger partial charge in [0.05, 0.1) is 11.3 Å². The van der Waals surface area contributed by atoms with Crippen LogP contribution in [-0.4, -0.2) is 10.1 Å². The number of rotatable bonds is 0. The van der Waals surface area contributed by atoms with Gasteiger partial charge in [-0.1, -0.05) is 0 Å². The van der Waals surface area contributed by atoms with Gasteiger partial charge in [0, 0.05) is 6.20 Å². The van der Waals surface area contributed by atoms with Gasteiger partial charge in [-0.25, -0.2) is 0 Å². The highest BCUT2D eigenvalue weighted by Gasteiger charge is 2.09. The fraction of sp³-hybridized carbons (Fsp3) is 0.125. The van der Waals surface area contributed by atoms with Crippen molar-refractivity contribution in [3.8, 4) is 17.9 Å². The number of pyridine rings is 1. The van der Waals surface area contributed by atoms with Crippen LogP contribution in [0.3, 0.4) is 0 Å². The Morgan fingerprint density at radius 3 is 2.46 bits per heavy atom. The van der Waals surface area contributed by atoms with Gasteiger partial charge in [0.15, 0.2) is 5.75 Å². The third-order valence-corrected chi connectivity index (χ3v) is 1.47. The van der Waals surface area contributed by atoms with Crippen molar-refractivity contribution in [1.82, 2.24) is 4.98 Å². The SMILES string of the molecule is Cc1ncc(C#N)c(C#N)c1O.Cl. The molecule has 1 aromatic heterocycles. The van der Waals surface area contributed by atoms with Gasteiger partial charge in [-0.15, -0.1) is 12.4 Å². The first-order chi connectivity index (χ1) is 5.70. The normalized spacial score (nSPS) is 7.92. The van der Waals surface area contributed by atoms with E-state index in [1.54, 1.807) is 19.1 Å². The molecule has 13 heavy (non-hydrogen) atoms. The Bertz CT molecular complexity index is 403. The van der Waals surface area contributed by atoms with E-state index in [9.17, 15) is 5.11 Å². The molecule has 0 amide bonds. The predicted octanol–water partition coefficient (Wildman–Crippen LogP) is 1.26. The number of aromatic hydroxyl groups is 1. The van der Waals surface area contributed by atoms with Crippen LogP contribution in [0.1, 0.15) is 16.8 Å². The van der Waals surface area contributed by atoms with Gasteiger partial charge in [-0.05, 0) is 6.92 Å². The van der Waals surface area contributed by atoms with Gasteiger partial charge < -0.3 is 5.11 Å². The Morgan fingerprint density at radius 2 is 2.00 bits per heavy atom. The number of aryl methyl sites for hydroxylation is 1. The Kier molecular flexibility index (Phi) is 3.71. The molecule has 0 atom stereocenters. The molecule has 1 aromatic rings. The molecule has 0 unspecified atom stereocenters. The Hall–Kier alpha value is -1.78. The van der Waals surface area contributed by atoms with Gasteiger partial charge in [0.25, 0.3) is 0 Å². The highest BCUT2D eigenvalue weighted by Crippen LogP contribution is 2.21. The molecule has 0 aromatic carbocycles.